The molecule has 5 heteroatoms. The van der Waals surface area contributed by atoms with Gasteiger partial charge >= 0.3 is 0 Å². The third-order valence-electron chi connectivity index (χ3n) is 4.56. The van der Waals surface area contributed by atoms with E-state index in [4.69, 9.17) is 0 Å². The molecular weight excluding hydrogens is 323 g/mol. The number of hydrogen-bond acceptors (Lipinski definition) is 3. The van der Waals surface area contributed by atoms with E-state index < -0.39 is 11.4 Å². The maximum absolute atomic E-state index is 13.6. The van der Waals surface area contributed by atoms with Crippen LogP contribution in [0.1, 0.15) is 52.1 Å². The molecule has 1 unspecified atom stereocenters. The lowest BCUT2D eigenvalue weighted by Gasteiger charge is -2.35. The number of likely N-dealkylation sites (tertiary alicyclic amines) is 1. The van der Waals surface area contributed by atoms with Crippen molar-refractivity contribution in [1.82, 2.24) is 9.62 Å². The molecule has 4 atom stereocenters. The third kappa shape index (κ3) is 4.60. The molecule has 2 rings (SSSR count). The van der Waals surface area contributed by atoms with Gasteiger partial charge in [0.15, 0.2) is 0 Å². The van der Waals surface area contributed by atoms with E-state index in [0.717, 1.165) is 24.9 Å². The lowest BCUT2D eigenvalue weighted by Crippen LogP contribution is -2.51. The summed E-state index contributed by atoms with van der Waals surface area (Å²) in [6.07, 6.45) is 3.85. The second-order valence-electron chi connectivity index (χ2n) is 7.49. The van der Waals surface area contributed by atoms with Crippen LogP contribution in [0.2, 0.25) is 0 Å². The molecule has 1 aromatic carbocycles. The average Bonchev–Trinajstić information content (AvgIpc) is 2.90. The van der Waals surface area contributed by atoms with Crippen molar-refractivity contribution in [2.75, 3.05) is 6.54 Å². The van der Waals surface area contributed by atoms with Crippen molar-refractivity contribution in [1.29, 1.82) is 0 Å². The second kappa shape index (κ2) is 8.00. The molecule has 0 bridgehead atoms. The van der Waals surface area contributed by atoms with Gasteiger partial charge in [-0.1, -0.05) is 18.2 Å². The maximum Gasteiger partial charge on any atom is 0.136 e. The zero-order valence-corrected chi connectivity index (χ0v) is 15.9. The Hall–Kier alpha value is -0.880. The molecule has 1 aromatic rings. The molecule has 134 valence electrons. The van der Waals surface area contributed by atoms with E-state index in [-0.39, 0.29) is 28.7 Å². The smallest absolute Gasteiger partial charge is 0.136 e. The molecular formula is C19H29FN2OS. The van der Waals surface area contributed by atoms with Crippen LogP contribution in [-0.4, -0.2) is 32.8 Å². The van der Waals surface area contributed by atoms with Crippen LogP contribution in [0.3, 0.4) is 0 Å². The molecule has 0 aromatic heterocycles. The van der Waals surface area contributed by atoms with Gasteiger partial charge in [0, 0.05) is 30.0 Å². The summed E-state index contributed by atoms with van der Waals surface area (Å²) in [7, 11) is 0. The molecule has 0 aliphatic carbocycles. The fraction of sp³-hybridized carbons (Fsp3) is 0.579. The zero-order chi connectivity index (χ0) is 17.9. The van der Waals surface area contributed by atoms with Crippen molar-refractivity contribution >= 4 is 11.4 Å². The monoisotopic (exact) mass is 352 g/mol. The summed E-state index contributed by atoms with van der Waals surface area (Å²) in [6.45, 7) is 12.6. The van der Waals surface area contributed by atoms with Crippen LogP contribution < -0.4 is 4.72 Å². The highest BCUT2D eigenvalue weighted by Gasteiger charge is 2.39. The van der Waals surface area contributed by atoms with Crippen molar-refractivity contribution in [2.45, 2.75) is 63.4 Å². The first kappa shape index (κ1) is 19.4. The van der Waals surface area contributed by atoms with Crippen LogP contribution in [-0.2, 0) is 11.4 Å². The minimum atomic E-state index is -1.10. The van der Waals surface area contributed by atoms with E-state index in [9.17, 15) is 8.94 Å². The quantitative estimate of drug-likeness (QED) is 0.622. The Balaban J connectivity index is 2.14. The fourth-order valence-electron chi connectivity index (χ4n) is 3.34. The molecule has 1 aliphatic heterocycles. The van der Waals surface area contributed by atoms with Gasteiger partial charge in [-0.2, -0.15) is 0 Å². The van der Waals surface area contributed by atoms with E-state index in [1.54, 1.807) is 12.1 Å². The largest absolute Gasteiger partial charge is 0.598 e. The molecule has 0 saturated carbocycles. The van der Waals surface area contributed by atoms with Crippen LogP contribution in [0.4, 0.5) is 4.39 Å². The van der Waals surface area contributed by atoms with E-state index in [1.165, 1.54) is 6.07 Å². The van der Waals surface area contributed by atoms with Crippen molar-refractivity contribution in [3.8, 4) is 0 Å². The first-order valence-electron chi connectivity index (χ1n) is 8.54. The highest BCUT2D eigenvalue weighted by molar-refractivity contribution is 7.90. The number of rotatable bonds is 6. The summed E-state index contributed by atoms with van der Waals surface area (Å²) >= 11 is -1.10. The molecule has 1 N–H and O–H groups in total. The second-order valence-corrected chi connectivity index (χ2v) is 9.49. The standard InChI is InChI=1S/C19H29FN2OS/c1-6-12-22-17(14(2)21-24(23)19(3,4)5)10-11-18(22)15-8-7-9-16(20)13-15/h6-9,13-14,17-18,21H,1,10-12H2,2-5H3/t14?,17-,18+,24+/m1/s1. The molecule has 1 aliphatic rings. The molecule has 0 radical (unpaired) electrons. The fourth-order valence-corrected chi connectivity index (χ4v) is 4.18. The van der Waals surface area contributed by atoms with Crippen molar-refractivity contribution < 1.29 is 8.94 Å². The average molecular weight is 353 g/mol. The van der Waals surface area contributed by atoms with Crippen LogP contribution in [0.25, 0.3) is 0 Å². The minimum absolute atomic E-state index is 0.0866. The first-order chi connectivity index (χ1) is 11.2. The van der Waals surface area contributed by atoms with Gasteiger partial charge in [-0.3, -0.25) is 4.90 Å². The zero-order valence-electron chi connectivity index (χ0n) is 15.1. The highest BCUT2D eigenvalue weighted by Crippen LogP contribution is 2.37. The maximum atomic E-state index is 13.6. The van der Waals surface area contributed by atoms with E-state index in [1.807, 2.05) is 32.9 Å². The van der Waals surface area contributed by atoms with Gasteiger partial charge < -0.3 is 4.55 Å². The number of hydrogen-bond donors (Lipinski definition) is 1. The summed E-state index contributed by atoms with van der Waals surface area (Å²) in [6, 6.07) is 7.36. The molecule has 1 saturated heterocycles. The number of benzene rings is 1. The van der Waals surface area contributed by atoms with Gasteiger partial charge in [-0.25, -0.2) is 4.39 Å². The van der Waals surface area contributed by atoms with E-state index in [0.29, 0.717) is 0 Å². The third-order valence-corrected chi connectivity index (χ3v) is 6.26. The molecule has 1 fully saturated rings. The number of nitrogens with zero attached hydrogens (tertiary/aromatic N) is 1. The van der Waals surface area contributed by atoms with Gasteiger partial charge in [-0.05, 0) is 58.2 Å². The van der Waals surface area contributed by atoms with Crippen LogP contribution in [0.15, 0.2) is 36.9 Å². The van der Waals surface area contributed by atoms with Crippen molar-refractivity contribution in [2.24, 2.45) is 0 Å². The van der Waals surface area contributed by atoms with Crippen LogP contribution in [0, 0.1) is 5.82 Å². The van der Waals surface area contributed by atoms with Gasteiger partial charge in [0.05, 0.1) is 6.04 Å². The lowest BCUT2D eigenvalue weighted by atomic mass is 10.0. The van der Waals surface area contributed by atoms with Gasteiger partial charge in [-0.15, -0.1) is 11.3 Å². The normalized spacial score (nSPS) is 24.8. The van der Waals surface area contributed by atoms with E-state index >= 15 is 0 Å². The predicted molar refractivity (Wildman–Crippen MR) is 99.6 cm³/mol. The van der Waals surface area contributed by atoms with Gasteiger partial charge in [0.2, 0.25) is 0 Å². The van der Waals surface area contributed by atoms with Gasteiger partial charge in [0.25, 0.3) is 0 Å². The Morgan fingerprint density at radius 3 is 2.75 bits per heavy atom. The summed E-state index contributed by atoms with van der Waals surface area (Å²) in [5, 5.41) is 0. The summed E-state index contributed by atoms with van der Waals surface area (Å²) in [4.78, 5) is 2.35. The summed E-state index contributed by atoms with van der Waals surface area (Å²) in [5.41, 5.74) is 1.00. The number of nitrogens with one attached hydrogen (secondary N) is 1. The Morgan fingerprint density at radius 1 is 1.46 bits per heavy atom. The minimum Gasteiger partial charge on any atom is -0.598 e. The van der Waals surface area contributed by atoms with Crippen LogP contribution in [0.5, 0.6) is 0 Å². The Labute approximate surface area is 148 Å². The predicted octanol–water partition coefficient (Wildman–Crippen LogP) is 3.96. The summed E-state index contributed by atoms with van der Waals surface area (Å²) < 4.78 is 29.0. The number of halogens is 1. The van der Waals surface area contributed by atoms with Crippen LogP contribution >= 0.6 is 0 Å². The Morgan fingerprint density at radius 2 is 2.17 bits per heavy atom. The highest BCUT2D eigenvalue weighted by atomic mass is 32.2. The lowest BCUT2D eigenvalue weighted by molar-refractivity contribution is 0.191. The molecule has 0 spiro atoms. The SMILES string of the molecule is C=CCN1[C@@H](C(C)N[S@@+]([O-])C(C)(C)C)CC[C@H]1c1cccc(F)c1. The van der Waals surface area contributed by atoms with Gasteiger partial charge in [0.1, 0.15) is 10.6 Å². The van der Waals surface area contributed by atoms with Crippen molar-refractivity contribution in [3.05, 3.63) is 48.3 Å². The van der Waals surface area contributed by atoms with E-state index in [2.05, 4.69) is 23.1 Å². The topological polar surface area (TPSA) is 38.3 Å². The molecule has 24 heavy (non-hydrogen) atoms. The summed E-state index contributed by atoms with van der Waals surface area (Å²) in [5.74, 6) is -0.200. The Kier molecular flexibility index (Phi) is 6.48. The van der Waals surface area contributed by atoms with Crippen molar-refractivity contribution in [3.63, 3.8) is 0 Å². The molecule has 1 heterocycles. The molecule has 0 amide bonds. The first-order valence-corrected chi connectivity index (χ1v) is 9.69. The Bertz CT molecular complexity index is 561. The molecule has 3 nitrogen and oxygen atoms in total.